The third-order valence-electron chi connectivity index (χ3n) is 2.00. The van der Waals surface area contributed by atoms with Crippen LogP contribution in [0.15, 0.2) is 12.5 Å². The smallest absolute Gasteiger partial charge is 0.303 e. The molecule has 1 aromatic rings. The zero-order valence-electron chi connectivity index (χ0n) is 8.80. The second-order valence-corrected chi connectivity index (χ2v) is 3.22. The molecule has 0 saturated heterocycles. The highest BCUT2D eigenvalue weighted by Crippen LogP contribution is 2.25. The van der Waals surface area contributed by atoms with Gasteiger partial charge in [-0.2, -0.15) is 0 Å². The molecular formula is C10H14N2O3. The molecule has 1 N–H and O–H groups in total. The Kier molecular flexibility index (Phi) is 4.03. The third kappa shape index (κ3) is 3.19. The Bertz CT molecular complexity index is 341. The zero-order valence-corrected chi connectivity index (χ0v) is 8.80. The van der Waals surface area contributed by atoms with Gasteiger partial charge in [0.1, 0.15) is 6.33 Å². The van der Waals surface area contributed by atoms with Crippen LogP contribution in [0.3, 0.4) is 0 Å². The Morgan fingerprint density at radius 3 is 3.00 bits per heavy atom. The van der Waals surface area contributed by atoms with Crippen molar-refractivity contribution in [3.63, 3.8) is 0 Å². The summed E-state index contributed by atoms with van der Waals surface area (Å²) in [6.45, 7) is 4.17. The highest BCUT2D eigenvalue weighted by atomic mass is 16.5. The normalized spacial score (nSPS) is 12.1. The van der Waals surface area contributed by atoms with Gasteiger partial charge in [0.2, 0.25) is 5.88 Å². The van der Waals surface area contributed by atoms with Crippen molar-refractivity contribution >= 4 is 5.97 Å². The van der Waals surface area contributed by atoms with Gasteiger partial charge in [0, 0.05) is 11.8 Å². The Morgan fingerprint density at radius 2 is 2.40 bits per heavy atom. The number of ether oxygens (including phenoxy) is 1. The van der Waals surface area contributed by atoms with E-state index in [1.165, 1.54) is 6.33 Å². The summed E-state index contributed by atoms with van der Waals surface area (Å²) in [5.74, 6) is -0.514. The molecule has 1 aromatic heterocycles. The lowest BCUT2D eigenvalue weighted by Crippen LogP contribution is -2.07. The Labute approximate surface area is 88.1 Å². The first-order valence-corrected chi connectivity index (χ1v) is 4.79. The summed E-state index contributed by atoms with van der Waals surface area (Å²) in [5, 5.41) is 8.68. The summed E-state index contributed by atoms with van der Waals surface area (Å²) in [5.41, 5.74) is 0.738. The molecule has 0 aromatic carbocycles. The zero-order chi connectivity index (χ0) is 11.3. The highest BCUT2D eigenvalue weighted by Gasteiger charge is 2.15. The van der Waals surface area contributed by atoms with Crippen molar-refractivity contribution in [1.29, 1.82) is 0 Å². The van der Waals surface area contributed by atoms with Gasteiger partial charge in [-0.25, -0.2) is 9.97 Å². The Balaban J connectivity index is 2.86. The molecule has 1 atom stereocenters. The van der Waals surface area contributed by atoms with E-state index in [1.807, 2.05) is 13.8 Å². The summed E-state index contributed by atoms with van der Waals surface area (Å²) in [6.07, 6.45) is 3.04. The fourth-order valence-electron chi connectivity index (χ4n) is 1.30. The van der Waals surface area contributed by atoms with Crippen molar-refractivity contribution in [2.75, 3.05) is 6.61 Å². The second-order valence-electron chi connectivity index (χ2n) is 3.22. The fraction of sp³-hybridized carbons (Fsp3) is 0.500. The lowest BCUT2D eigenvalue weighted by atomic mass is 10.0. The minimum atomic E-state index is -0.839. The number of hydrogen-bond donors (Lipinski definition) is 1. The minimum Gasteiger partial charge on any atom is -0.481 e. The van der Waals surface area contributed by atoms with Gasteiger partial charge in [-0.15, -0.1) is 0 Å². The van der Waals surface area contributed by atoms with E-state index in [0.717, 1.165) is 5.56 Å². The average Bonchev–Trinajstić information content (AvgIpc) is 2.18. The summed E-state index contributed by atoms with van der Waals surface area (Å²) < 4.78 is 5.30. The predicted octanol–water partition coefficient (Wildman–Crippen LogP) is 1.45. The first-order chi connectivity index (χ1) is 7.15. The highest BCUT2D eigenvalue weighted by molar-refractivity contribution is 5.68. The molecule has 1 unspecified atom stereocenters. The molecule has 5 nitrogen and oxygen atoms in total. The monoisotopic (exact) mass is 210 g/mol. The van der Waals surface area contributed by atoms with Gasteiger partial charge in [0.25, 0.3) is 0 Å². The van der Waals surface area contributed by atoms with Crippen LogP contribution in [-0.4, -0.2) is 27.7 Å². The van der Waals surface area contributed by atoms with Crippen LogP contribution >= 0.6 is 0 Å². The van der Waals surface area contributed by atoms with E-state index in [0.29, 0.717) is 12.5 Å². The number of carboxylic acid groups (broad SMARTS) is 1. The molecule has 15 heavy (non-hydrogen) atoms. The molecule has 0 bridgehead atoms. The summed E-state index contributed by atoms with van der Waals surface area (Å²) in [4.78, 5) is 18.4. The van der Waals surface area contributed by atoms with Crippen LogP contribution in [0.5, 0.6) is 5.88 Å². The molecule has 0 aliphatic carbocycles. The molecule has 1 heterocycles. The van der Waals surface area contributed by atoms with E-state index >= 15 is 0 Å². The van der Waals surface area contributed by atoms with E-state index in [1.54, 1.807) is 6.20 Å². The maximum atomic E-state index is 10.6. The molecular weight excluding hydrogens is 196 g/mol. The van der Waals surface area contributed by atoms with Crippen LogP contribution in [0.2, 0.25) is 0 Å². The van der Waals surface area contributed by atoms with Crippen molar-refractivity contribution in [3.8, 4) is 5.88 Å². The van der Waals surface area contributed by atoms with Crippen LogP contribution in [0.1, 0.15) is 31.7 Å². The lowest BCUT2D eigenvalue weighted by molar-refractivity contribution is -0.137. The molecule has 82 valence electrons. The number of carboxylic acids is 1. The van der Waals surface area contributed by atoms with E-state index < -0.39 is 5.97 Å². The average molecular weight is 210 g/mol. The van der Waals surface area contributed by atoms with Gasteiger partial charge >= 0.3 is 5.97 Å². The van der Waals surface area contributed by atoms with Gasteiger partial charge in [-0.3, -0.25) is 4.79 Å². The largest absolute Gasteiger partial charge is 0.481 e. The molecule has 0 amide bonds. The fourth-order valence-corrected chi connectivity index (χ4v) is 1.30. The number of rotatable bonds is 5. The van der Waals surface area contributed by atoms with Crippen molar-refractivity contribution in [2.24, 2.45) is 0 Å². The maximum absolute atomic E-state index is 10.6. The van der Waals surface area contributed by atoms with Crippen LogP contribution in [0.25, 0.3) is 0 Å². The van der Waals surface area contributed by atoms with Crippen molar-refractivity contribution in [3.05, 3.63) is 18.1 Å². The van der Waals surface area contributed by atoms with E-state index in [9.17, 15) is 4.79 Å². The summed E-state index contributed by atoms with van der Waals surface area (Å²) in [6, 6.07) is 0. The lowest BCUT2D eigenvalue weighted by Gasteiger charge is -2.12. The quantitative estimate of drug-likeness (QED) is 0.796. The van der Waals surface area contributed by atoms with Crippen LogP contribution in [0.4, 0.5) is 0 Å². The van der Waals surface area contributed by atoms with E-state index in [-0.39, 0.29) is 12.3 Å². The Morgan fingerprint density at radius 1 is 1.67 bits per heavy atom. The number of hydrogen-bond acceptors (Lipinski definition) is 4. The van der Waals surface area contributed by atoms with Gasteiger partial charge in [-0.05, 0) is 12.8 Å². The van der Waals surface area contributed by atoms with Crippen molar-refractivity contribution in [1.82, 2.24) is 9.97 Å². The topological polar surface area (TPSA) is 72.3 Å². The van der Waals surface area contributed by atoms with Crippen molar-refractivity contribution in [2.45, 2.75) is 26.2 Å². The third-order valence-corrected chi connectivity index (χ3v) is 2.00. The minimum absolute atomic E-state index is 0.0491. The van der Waals surface area contributed by atoms with E-state index in [2.05, 4.69) is 9.97 Å². The molecule has 0 aliphatic rings. The van der Waals surface area contributed by atoms with Crippen LogP contribution in [0, 0.1) is 0 Å². The van der Waals surface area contributed by atoms with Crippen LogP contribution < -0.4 is 4.74 Å². The molecule has 0 aliphatic heterocycles. The molecule has 0 fully saturated rings. The molecule has 0 saturated carbocycles. The molecule has 1 rings (SSSR count). The van der Waals surface area contributed by atoms with E-state index in [4.69, 9.17) is 9.84 Å². The predicted molar refractivity (Wildman–Crippen MR) is 53.9 cm³/mol. The second kappa shape index (κ2) is 5.29. The van der Waals surface area contributed by atoms with Gasteiger partial charge < -0.3 is 9.84 Å². The first-order valence-electron chi connectivity index (χ1n) is 4.79. The summed E-state index contributed by atoms with van der Waals surface area (Å²) >= 11 is 0. The molecule has 0 radical (unpaired) electrons. The number of aromatic nitrogens is 2. The standard InChI is InChI=1S/C10H14N2O3/c1-3-15-10-8(5-11-6-12-10)7(2)4-9(13)14/h5-7H,3-4H2,1-2H3,(H,13,14). The maximum Gasteiger partial charge on any atom is 0.303 e. The van der Waals surface area contributed by atoms with Crippen molar-refractivity contribution < 1.29 is 14.6 Å². The Hall–Kier alpha value is -1.65. The van der Waals surface area contributed by atoms with Gasteiger partial charge in [-0.1, -0.05) is 6.92 Å². The summed E-state index contributed by atoms with van der Waals surface area (Å²) in [7, 11) is 0. The number of nitrogens with zero attached hydrogens (tertiary/aromatic N) is 2. The van der Waals surface area contributed by atoms with Gasteiger partial charge in [0.05, 0.1) is 13.0 Å². The number of carbonyl (C=O) groups is 1. The SMILES string of the molecule is CCOc1ncncc1C(C)CC(=O)O. The first kappa shape index (κ1) is 11.4. The molecule has 0 spiro atoms. The number of aliphatic carboxylic acids is 1. The van der Waals surface area contributed by atoms with Crippen LogP contribution in [-0.2, 0) is 4.79 Å². The molecule has 5 heteroatoms. The van der Waals surface area contributed by atoms with Gasteiger partial charge in [0.15, 0.2) is 0 Å².